The second-order valence-electron chi connectivity index (χ2n) is 6.71. The van der Waals surface area contributed by atoms with E-state index in [1.165, 1.54) is 0 Å². The molecule has 1 fully saturated rings. The van der Waals surface area contributed by atoms with Gasteiger partial charge < -0.3 is 28.8 Å². The minimum Gasteiger partial charge on any atom is -0.455 e. The molecule has 30 heavy (non-hydrogen) atoms. The van der Waals surface area contributed by atoms with E-state index in [9.17, 15) is 33.5 Å². The van der Waals surface area contributed by atoms with Crippen LogP contribution in [0, 0.1) is 0 Å². The molecule has 1 aliphatic rings. The lowest BCUT2D eigenvalue weighted by atomic mass is 9.72. The molecular formula is C18H25FO11. The molecule has 1 N–H and O–H groups in total. The number of rotatable bonds is 7. The van der Waals surface area contributed by atoms with Crippen LogP contribution in [0.5, 0.6) is 0 Å². The van der Waals surface area contributed by atoms with Crippen molar-refractivity contribution < 1.29 is 57.2 Å². The molecule has 0 saturated heterocycles. The summed E-state index contributed by atoms with van der Waals surface area (Å²) in [6, 6.07) is 0. The highest BCUT2D eigenvalue weighted by Crippen LogP contribution is 2.41. The highest BCUT2D eigenvalue weighted by molar-refractivity contribution is 5.70. The second kappa shape index (κ2) is 10.3. The minimum absolute atomic E-state index is 0.759. The van der Waals surface area contributed by atoms with E-state index in [0.29, 0.717) is 0 Å². The Labute approximate surface area is 171 Å². The predicted octanol–water partition coefficient (Wildman–Crippen LogP) is -0.251. The van der Waals surface area contributed by atoms with Crippen molar-refractivity contribution >= 4 is 29.8 Å². The van der Waals surface area contributed by atoms with Gasteiger partial charge in [-0.25, -0.2) is 0 Å². The van der Waals surface area contributed by atoms with Crippen LogP contribution in [0.2, 0.25) is 0 Å². The molecule has 1 aliphatic carbocycles. The first-order valence-corrected chi connectivity index (χ1v) is 8.97. The molecule has 11 nitrogen and oxygen atoms in total. The quantitative estimate of drug-likeness (QED) is 0.415. The third kappa shape index (κ3) is 6.12. The Bertz CT molecular complexity index is 648. The fraction of sp³-hybridized carbons (Fsp3) is 0.722. The summed E-state index contributed by atoms with van der Waals surface area (Å²) < 4.78 is 38.9. The summed E-state index contributed by atoms with van der Waals surface area (Å²) in [7, 11) is 0. The number of carbonyl (C=O) groups is 5. The fourth-order valence-electron chi connectivity index (χ4n) is 3.36. The molecule has 0 aliphatic heterocycles. The van der Waals surface area contributed by atoms with E-state index in [1.54, 1.807) is 0 Å². The number of aliphatic hydroxyl groups is 1. The highest BCUT2D eigenvalue weighted by Gasteiger charge is 2.66. The van der Waals surface area contributed by atoms with Crippen LogP contribution < -0.4 is 0 Å². The minimum atomic E-state index is -2.50. The molecule has 170 valence electrons. The molecule has 0 aromatic rings. The van der Waals surface area contributed by atoms with Crippen LogP contribution >= 0.6 is 0 Å². The maximum atomic E-state index is 13.4. The summed E-state index contributed by atoms with van der Waals surface area (Å²) in [6.45, 7) is 3.75. The number of halogens is 1. The summed E-state index contributed by atoms with van der Waals surface area (Å²) >= 11 is 0. The maximum absolute atomic E-state index is 13.4. The first-order chi connectivity index (χ1) is 13.8. The highest BCUT2D eigenvalue weighted by atomic mass is 19.1. The van der Waals surface area contributed by atoms with Gasteiger partial charge in [-0.05, 0) is 0 Å². The number of alkyl halides is 1. The predicted molar refractivity (Wildman–Crippen MR) is 93.3 cm³/mol. The van der Waals surface area contributed by atoms with Gasteiger partial charge in [0.05, 0.1) is 6.67 Å². The Balaban J connectivity index is 3.74. The van der Waals surface area contributed by atoms with Crippen molar-refractivity contribution in [3.63, 3.8) is 0 Å². The lowest BCUT2D eigenvalue weighted by Gasteiger charge is -2.51. The molecule has 0 heterocycles. The van der Waals surface area contributed by atoms with Gasteiger partial charge in [-0.3, -0.25) is 28.4 Å². The molecule has 12 heteroatoms. The van der Waals surface area contributed by atoms with Crippen LogP contribution in [0.15, 0.2) is 0 Å². The lowest BCUT2D eigenvalue weighted by molar-refractivity contribution is -0.287. The smallest absolute Gasteiger partial charge is 0.303 e. The van der Waals surface area contributed by atoms with Crippen molar-refractivity contribution in [1.82, 2.24) is 0 Å². The van der Waals surface area contributed by atoms with Crippen molar-refractivity contribution in [2.75, 3.05) is 6.67 Å². The van der Waals surface area contributed by atoms with Crippen LogP contribution in [0.25, 0.3) is 0 Å². The molecule has 1 rings (SSSR count). The van der Waals surface area contributed by atoms with Gasteiger partial charge in [-0.2, -0.15) is 0 Å². The summed E-state index contributed by atoms with van der Waals surface area (Å²) in [5.74, 6) is -4.67. The van der Waals surface area contributed by atoms with Gasteiger partial charge in [0.25, 0.3) is 0 Å². The maximum Gasteiger partial charge on any atom is 0.303 e. The van der Waals surface area contributed by atoms with E-state index in [4.69, 9.17) is 23.7 Å². The van der Waals surface area contributed by atoms with Gasteiger partial charge in [-0.15, -0.1) is 0 Å². The third-order valence-electron chi connectivity index (χ3n) is 4.22. The lowest BCUT2D eigenvalue weighted by Crippen LogP contribution is -2.74. The first-order valence-electron chi connectivity index (χ1n) is 8.97. The second-order valence-corrected chi connectivity index (χ2v) is 6.71. The molecule has 6 atom stereocenters. The molecule has 0 spiro atoms. The van der Waals surface area contributed by atoms with Gasteiger partial charge in [0.1, 0.15) is 5.60 Å². The topological polar surface area (TPSA) is 152 Å². The van der Waals surface area contributed by atoms with E-state index in [-0.39, 0.29) is 0 Å². The van der Waals surface area contributed by atoms with Gasteiger partial charge in [0.15, 0.2) is 30.5 Å². The first kappa shape index (κ1) is 25.3. The van der Waals surface area contributed by atoms with E-state index < -0.39 is 79.1 Å². The zero-order valence-corrected chi connectivity index (χ0v) is 17.2. The molecule has 0 radical (unpaired) electrons. The summed E-state index contributed by atoms with van der Waals surface area (Å²) in [5.41, 5.74) is -2.50. The summed E-state index contributed by atoms with van der Waals surface area (Å²) in [6.07, 6.45) is -9.47. The zero-order chi connectivity index (χ0) is 23.2. The Kier molecular flexibility index (Phi) is 8.70. The number of esters is 5. The molecule has 0 aromatic carbocycles. The molecule has 0 amide bonds. The summed E-state index contributed by atoms with van der Waals surface area (Å²) in [5, 5.41) is 11.3. The van der Waals surface area contributed by atoms with Crippen molar-refractivity contribution in [1.29, 1.82) is 0 Å². The third-order valence-corrected chi connectivity index (χ3v) is 4.22. The molecular weight excluding hydrogens is 411 g/mol. The summed E-state index contributed by atoms with van der Waals surface area (Å²) in [4.78, 5) is 58.4. The normalized spacial score (nSPS) is 30.6. The SMILES string of the molecule is CC(=O)O[C@@H]1[C@@H](OC(C)=O)[C@H](OC(C)=O)[C@@](O)(CCF)[C@H](OC(C)=O)[C@H]1OC(C)=O. The van der Waals surface area contributed by atoms with Crippen molar-refractivity contribution in [2.45, 2.75) is 77.2 Å². The number of hydrogen-bond donors (Lipinski definition) is 1. The van der Waals surface area contributed by atoms with Crippen molar-refractivity contribution in [3.05, 3.63) is 0 Å². The number of hydrogen-bond acceptors (Lipinski definition) is 11. The largest absolute Gasteiger partial charge is 0.455 e. The monoisotopic (exact) mass is 436 g/mol. The Morgan fingerprint density at radius 3 is 1.23 bits per heavy atom. The van der Waals surface area contributed by atoms with Gasteiger partial charge >= 0.3 is 29.8 Å². The van der Waals surface area contributed by atoms with Crippen LogP contribution in [0.3, 0.4) is 0 Å². The molecule has 1 saturated carbocycles. The molecule has 0 bridgehead atoms. The van der Waals surface area contributed by atoms with Crippen LogP contribution in [-0.4, -0.2) is 77.7 Å². The van der Waals surface area contributed by atoms with Crippen LogP contribution in [0.4, 0.5) is 4.39 Å². The van der Waals surface area contributed by atoms with Gasteiger partial charge in [-0.1, -0.05) is 0 Å². The average molecular weight is 436 g/mol. The van der Waals surface area contributed by atoms with Gasteiger partial charge in [0.2, 0.25) is 0 Å². The van der Waals surface area contributed by atoms with Crippen LogP contribution in [-0.2, 0) is 47.7 Å². The standard InChI is InChI=1S/C18H25FO11/c1-8(20)26-13-14(27-9(2)21)16(29-11(4)23)18(25,6-7-19)17(30-12(5)24)15(13)28-10(3)22/h13-17,25H,6-7H2,1-5H3/t13-,14-,15+,16+,17-,18+. The van der Waals surface area contributed by atoms with Crippen LogP contribution in [0.1, 0.15) is 41.0 Å². The van der Waals surface area contributed by atoms with E-state index in [0.717, 1.165) is 34.6 Å². The van der Waals surface area contributed by atoms with Crippen molar-refractivity contribution in [3.8, 4) is 0 Å². The number of carbonyl (C=O) groups excluding carboxylic acids is 5. The Morgan fingerprint density at radius 2 is 0.967 bits per heavy atom. The van der Waals surface area contributed by atoms with Crippen molar-refractivity contribution in [2.24, 2.45) is 0 Å². The molecule has 0 unspecified atom stereocenters. The van der Waals surface area contributed by atoms with E-state index in [2.05, 4.69) is 0 Å². The average Bonchev–Trinajstić information content (AvgIpc) is 2.57. The van der Waals surface area contributed by atoms with E-state index in [1.807, 2.05) is 0 Å². The van der Waals surface area contributed by atoms with Gasteiger partial charge in [0, 0.05) is 41.0 Å². The Morgan fingerprint density at radius 1 is 0.667 bits per heavy atom. The molecule has 0 aromatic heterocycles. The zero-order valence-electron chi connectivity index (χ0n) is 17.2. The Hall–Kier alpha value is -2.76. The van der Waals surface area contributed by atoms with E-state index >= 15 is 0 Å². The fourth-order valence-corrected chi connectivity index (χ4v) is 3.36. The number of ether oxygens (including phenoxy) is 5.